The number of nitrogens with one attached hydrogen (secondary N) is 1. The summed E-state index contributed by atoms with van der Waals surface area (Å²) < 4.78 is 1.24. The molecule has 0 aromatic heterocycles. The highest BCUT2D eigenvalue weighted by atomic mass is 79.9. The largest absolute Gasteiger partial charge is 0.310 e. The van der Waals surface area contributed by atoms with Gasteiger partial charge in [0.2, 0.25) is 0 Å². The molecule has 106 valence electrons. The van der Waals surface area contributed by atoms with Crippen LogP contribution in [-0.4, -0.2) is 6.54 Å². The first-order valence-electron chi connectivity index (χ1n) is 7.72. The summed E-state index contributed by atoms with van der Waals surface area (Å²) in [6.45, 7) is 5.61. The van der Waals surface area contributed by atoms with Crippen molar-refractivity contribution in [3.63, 3.8) is 0 Å². The van der Waals surface area contributed by atoms with E-state index in [9.17, 15) is 0 Å². The molecular weight excluding hydrogens is 298 g/mol. The van der Waals surface area contributed by atoms with Gasteiger partial charge in [-0.2, -0.15) is 0 Å². The molecule has 1 fully saturated rings. The van der Waals surface area contributed by atoms with Crippen LogP contribution in [-0.2, 0) is 0 Å². The smallest absolute Gasteiger partial charge is 0.0351 e. The Balaban J connectivity index is 2.22. The predicted molar refractivity (Wildman–Crippen MR) is 86.5 cm³/mol. The van der Waals surface area contributed by atoms with E-state index in [4.69, 9.17) is 0 Å². The second kappa shape index (κ2) is 7.44. The summed E-state index contributed by atoms with van der Waals surface area (Å²) in [7, 11) is 0. The highest BCUT2D eigenvalue weighted by Gasteiger charge is 2.25. The highest BCUT2D eigenvalue weighted by molar-refractivity contribution is 9.10. The third-order valence-electron chi connectivity index (χ3n) is 4.38. The van der Waals surface area contributed by atoms with Crippen LogP contribution in [0.2, 0.25) is 0 Å². The van der Waals surface area contributed by atoms with Gasteiger partial charge in [-0.1, -0.05) is 54.2 Å². The van der Waals surface area contributed by atoms with E-state index >= 15 is 0 Å². The minimum Gasteiger partial charge on any atom is -0.310 e. The van der Waals surface area contributed by atoms with Gasteiger partial charge in [0.25, 0.3) is 0 Å². The summed E-state index contributed by atoms with van der Waals surface area (Å²) >= 11 is 3.68. The van der Waals surface area contributed by atoms with E-state index in [2.05, 4.69) is 53.3 Å². The van der Waals surface area contributed by atoms with Gasteiger partial charge in [-0.15, -0.1) is 0 Å². The van der Waals surface area contributed by atoms with Crippen LogP contribution in [0.5, 0.6) is 0 Å². The predicted octanol–water partition coefficient (Wildman–Crippen LogP) is 5.38. The zero-order valence-electron chi connectivity index (χ0n) is 12.2. The molecule has 1 unspecified atom stereocenters. The molecule has 1 nitrogen and oxygen atoms in total. The van der Waals surface area contributed by atoms with Gasteiger partial charge >= 0.3 is 0 Å². The average Bonchev–Trinajstić information content (AvgIpc) is 2.45. The molecule has 0 saturated heterocycles. The average molecular weight is 324 g/mol. The Morgan fingerprint density at radius 2 is 2.00 bits per heavy atom. The zero-order chi connectivity index (χ0) is 13.7. The van der Waals surface area contributed by atoms with E-state index in [-0.39, 0.29) is 0 Å². The van der Waals surface area contributed by atoms with Crippen molar-refractivity contribution in [2.75, 3.05) is 6.54 Å². The maximum Gasteiger partial charge on any atom is 0.0351 e. The molecule has 1 aromatic rings. The first-order chi connectivity index (χ1) is 9.24. The van der Waals surface area contributed by atoms with Crippen molar-refractivity contribution in [1.82, 2.24) is 5.32 Å². The molecule has 2 heteroatoms. The third kappa shape index (κ3) is 3.82. The quantitative estimate of drug-likeness (QED) is 0.767. The lowest BCUT2D eigenvalue weighted by Gasteiger charge is -2.32. The SMILES string of the molecule is CCCNC(c1cccc(Br)c1C)C1CCCCC1. The van der Waals surface area contributed by atoms with Crippen LogP contribution in [0, 0.1) is 12.8 Å². The molecule has 1 atom stereocenters. The highest BCUT2D eigenvalue weighted by Crippen LogP contribution is 2.36. The van der Waals surface area contributed by atoms with E-state index in [0.29, 0.717) is 6.04 Å². The molecule has 1 aliphatic rings. The lowest BCUT2D eigenvalue weighted by molar-refractivity contribution is 0.271. The number of hydrogen-bond acceptors (Lipinski definition) is 1. The fraction of sp³-hybridized carbons (Fsp3) is 0.647. The van der Waals surface area contributed by atoms with Crippen molar-refractivity contribution in [3.05, 3.63) is 33.8 Å². The van der Waals surface area contributed by atoms with Gasteiger partial charge in [-0.25, -0.2) is 0 Å². The topological polar surface area (TPSA) is 12.0 Å². The van der Waals surface area contributed by atoms with Crippen molar-refractivity contribution in [2.45, 2.75) is 58.4 Å². The van der Waals surface area contributed by atoms with E-state index in [1.165, 1.54) is 54.1 Å². The van der Waals surface area contributed by atoms with Crippen LogP contribution in [0.15, 0.2) is 22.7 Å². The molecule has 0 heterocycles. The Labute approximate surface area is 126 Å². The zero-order valence-corrected chi connectivity index (χ0v) is 13.8. The number of benzene rings is 1. The number of rotatable bonds is 5. The van der Waals surface area contributed by atoms with Crippen LogP contribution in [0.1, 0.15) is 62.6 Å². The van der Waals surface area contributed by atoms with Gasteiger partial charge in [0.1, 0.15) is 0 Å². The Bertz CT molecular complexity index is 396. The van der Waals surface area contributed by atoms with Crippen LogP contribution in [0.3, 0.4) is 0 Å². The first-order valence-corrected chi connectivity index (χ1v) is 8.51. The fourth-order valence-electron chi connectivity index (χ4n) is 3.26. The Morgan fingerprint density at radius 1 is 1.26 bits per heavy atom. The Morgan fingerprint density at radius 3 is 2.68 bits per heavy atom. The minimum atomic E-state index is 0.540. The normalized spacial score (nSPS) is 18.5. The third-order valence-corrected chi connectivity index (χ3v) is 5.24. The molecule has 0 amide bonds. The lowest BCUT2D eigenvalue weighted by Crippen LogP contribution is -2.31. The summed E-state index contributed by atoms with van der Waals surface area (Å²) in [6.07, 6.45) is 8.20. The fourth-order valence-corrected chi connectivity index (χ4v) is 3.64. The molecule has 0 radical (unpaired) electrons. The van der Waals surface area contributed by atoms with Crippen molar-refractivity contribution < 1.29 is 0 Å². The van der Waals surface area contributed by atoms with Gasteiger partial charge in [-0.05, 0) is 55.8 Å². The lowest BCUT2D eigenvalue weighted by atomic mass is 9.80. The molecule has 1 aromatic carbocycles. The van der Waals surface area contributed by atoms with E-state index in [1.807, 2.05) is 0 Å². The monoisotopic (exact) mass is 323 g/mol. The number of hydrogen-bond donors (Lipinski definition) is 1. The second-order valence-corrected chi connectivity index (χ2v) is 6.64. The second-order valence-electron chi connectivity index (χ2n) is 5.78. The van der Waals surface area contributed by atoms with Crippen LogP contribution in [0.4, 0.5) is 0 Å². The molecule has 0 bridgehead atoms. The van der Waals surface area contributed by atoms with Crippen molar-refractivity contribution >= 4 is 15.9 Å². The maximum atomic E-state index is 3.80. The molecule has 0 aliphatic heterocycles. The molecule has 0 spiro atoms. The van der Waals surface area contributed by atoms with Gasteiger partial charge < -0.3 is 5.32 Å². The van der Waals surface area contributed by atoms with Gasteiger partial charge in [0.05, 0.1) is 0 Å². The van der Waals surface area contributed by atoms with Crippen molar-refractivity contribution in [3.8, 4) is 0 Å². The molecular formula is C17H26BrN. The van der Waals surface area contributed by atoms with Crippen LogP contribution < -0.4 is 5.32 Å². The van der Waals surface area contributed by atoms with Gasteiger partial charge in [0.15, 0.2) is 0 Å². The molecule has 2 rings (SSSR count). The first kappa shape index (κ1) is 15.1. The Kier molecular flexibility index (Phi) is 5.90. The summed E-state index contributed by atoms with van der Waals surface area (Å²) in [5.74, 6) is 0.813. The van der Waals surface area contributed by atoms with Crippen LogP contribution in [0.25, 0.3) is 0 Å². The number of halogens is 1. The molecule has 19 heavy (non-hydrogen) atoms. The summed E-state index contributed by atoms with van der Waals surface area (Å²) in [4.78, 5) is 0. The molecule has 1 aliphatic carbocycles. The van der Waals surface area contributed by atoms with E-state index in [0.717, 1.165) is 12.5 Å². The van der Waals surface area contributed by atoms with E-state index in [1.54, 1.807) is 0 Å². The summed E-state index contributed by atoms with van der Waals surface area (Å²) in [5, 5.41) is 3.80. The summed E-state index contributed by atoms with van der Waals surface area (Å²) in [5.41, 5.74) is 2.90. The van der Waals surface area contributed by atoms with Crippen LogP contribution >= 0.6 is 15.9 Å². The minimum absolute atomic E-state index is 0.540. The van der Waals surface area contributed by atoms with E-state index < -0.39 is 0 Å². The Hall–Kier alpha value is -0.340. The summed E-state index contributed by atoms with van der Waals surface area (Å²) in [6, 6.07) is 7.17. The molecule has 1 saturated carbocycles. The molecule has 1 N–H and O–H groups in total. The van der Waals surface area contributed by atoms with Gasteiger partial charge in [0, 0.05) is 10.5 Å². The standard InChI is InChI=1S/C17H26BrN/c1-3-12-19-17(14-8-5-4-6-9-14)15-10-7-11-16(18)13(15)2/h7,10-11,14,17,19H,3-6,8-9,12H2,1-2H3. The maximum absolute atomic E-state index is 3.80. The van der Waals surface area contributed by atoms with Gasteiger partial charge in [-0.3, -0.25) is 0 Å². The van der Waals surface area contributed by atoms with Crippen molar-refractivity contribution in [2.24, 2.45) is 5.92 Å². The van der Waals surface area contributed by atoms with Crippen molar-refractivity contribution in [1.29, 1.82) is 0 Å².